The van der Waals surface area contributed by atoms with E-state index in [1.165, 1.54) is 11.9 Å². The number of nitrogens with one attached hydrogen (secondary N) is 1. The molecule has 0 bridgehead atoms. The molecule has 1 atom stereocenters. The fourth-order valence-electron chi connectivity index (χ4n) is 5.19. The summed E-state index contributed by atoms with van der Waals surface area (Å²) in [5.74, 6) is -1.48. The summed E-state index contributed by atoms with van der Waals surface area (Å²) in [6.07, 6.45) is 1.81. The third kappa shape index (κ3) is 3.46. The molecule has 2 fully saturated rings. The highest BCUT2D eigenvalue weighted by Crippen LogP contribution is 2.47. The SMILES string of the molecule is CN(C(=O)C(C)(NC(=O)OCC1c2ccccc2-c2ccccc21)C1CC1)C1(C(=O)O)CC1. The monoisotopic (exact) mass is 448 g/mol. The molecule has 7 heteroatoms. The van der Waals surface area contributed by atoms with Gasteiger partial charge in [0, 0.05) is 13.0 Å². The molecule has 2 aromatic rings. The maximum Gasteiger partial charge on any atom is 0.408 e. The number of likely N-dealkylation sites (N-methyl/N-ethyl adjacent to an activating group) is 1. The number of fused-ring (bicyclic) bond motifs is 3. The first-order chi connectivity index (χ1) is 15.8. The van der Waals surface area contributed by atoms with E-state index in [-0.39, 0.29) is 24.3 Å². The third-order valence-electron chi connectivity index (χ3n) is 7.61. The van der Waals surface area contributed by atoms with E-state index in [1.54, 1.807) is 6.92 Å². The van der Waals surface area contributed by atoms with Gasteiger partial charge in [-0.3, -0.25) is 4.79 Å². The molecule has 0 radical (unpaired) electrons. The van der Waals surface area contributed by atoms with Gasteiger partial charge in [0.15, 0.2) is 0 Å². The van der Waals surface area contributed by atoms with Crippen molar-refractivity contribution in [3.05, 3.63) is 59.7 Å². The molecule has 2 N–H and O–H groups in total. The number of carbonyl (C=O) groups is 3. The number of ether oxygens (including phenoxy) is 1. The Balaban J connectivity index is 1.30. The molecule has 5 rings (SSSR count). The van der Waals surface area contributed by atoms with Crippen LogP contribution in [0.2, 0.25) is 0 Å². The van der Waals surface area contributed by atoms with Crippen molar-refractivity contribution in [3.63, 3.8) is 0 Å². The lowest BCUT2D eigenvalue weighted by Crippen LogP contribution is -2.62. The lowest BCUT2D eigenvalue weighted by Gasteiger charge is -2.36. The fraction of sp³-hybridized carbons (Fsp3) is 0.423. The Labute approximate surface area is 192 Å². The summed E-state index contributed by atoms with van der Waals surface area (Å²) in [5.41, 5.74) is 2.17. The van der Waals surface area contributed by atoms with E-state index in [1.807, 2.05) is 24.3 Å². The number of hydrogen-bond donors (Lipinski definition) is 2. The van der Waals surface area contributed by atoms with Crippen molar-refractivity contribution in [1.82, 2.24) is 10.2 Å². The number of rotatable bonds is 7. The maximum absolute atomic E-state index is 13.4. The van der Waals surface area contributed by atoms with E-state index < -0.39 is 23.1 Å². The average molecular weight is 449 g/mol. The molecule has 172 valence electrons. The molecule has 3 aliphatic rings. The quantitative estimate of drug-likeness (QED) is 0.672. The first-order valence-electron chi connectivity index (χ1n) is 11.4. The maximum atomic E-state index is 13.4. The van der Waals surface area contributed by atoms with Crippen molar-refractivity contribution in [1.29, 1.82) is 0 Å². The lowest BCUT2D eigenvalue weighted by atomic mass is 9.93. The third-order valence-corrected chi connectivity index (χ3v) is 7.61. The van der Waals surface area contributed by atoms with Gasteiger partial charge in [-0.05, 0) is 60.8 Å². The molecule has 0 spiro atoms. The minimum Gasteiger partial charge on any atom is -0.479 e. The summed E-state index contributed by atoms with van der Waals surface area (Å²) in [7, 11) is 1.52. The molecule has 0 heterocycles. The van der Waals surface area contributed by atoms with Gasteiger partial charge in [-0.2, -0.15) is 0 Å². The van der Waals surface area contributed by atoms with Gasteiger partial charge in [0.05, 0.1) is 0 Å². The summed E-state index contributed by atoms with van der Waals surface area (Å²) in [5, 5.41) is 12.4. The van der Waals surface area contributed by atoms with Crippen molar-refractivity contribution in [2.24, 2.45) is 5.92 Å². The van der Waals surface area contributed by atoms with Gasteiger partial charge in [0.2, 0.25) is 5.91 Å². The minimum absolute atomic E-state index is 0.0301. The molecule has 2 amide bonds. The molecule has 3 aliphatic carbocycles. The highest BCUT2D eigenvalue weighted by atomic mass is 16.5. The molecule has 1 unspecified atom stereocenters. The Morgan fingerprint density at radius 1 is 1.06 bits per heavy atom. The smallest absolute Gasteiger partial charge is 0.408 e. The van der Waals surface area contributed by atoms with Crippen molar-refractivity contribution in [2.45, 2.75) is 49.6 Å². The van der Waals surface area contributed by atoms with Crippen LogP contribution in [0.5, 0.6) is 0 Å². The Morgan fingerprint density at radius 3 is 2.09 bits per heavy atom. The van der Waals surface area contributed by atoms with Crippen molar-refractivity contribution in [2.75, 3.05) is 13.7 Å². The second kappa shape index (κ2) is 7.61. The summed E-state index contributed by atoms with van der Waals surface area (Å²) in [6, 6.07) is 16.2. The minimum atomic E-state index is -1.19. The number of alkyl carbamates (subject to hydrolysis) is 1. The number of benzene rings is 2. The van der Waals surface area contributed by atoms with E-state index in [4.69, 9.17) is 4.74 Å². The molecule has 2 aromatic carbocycles. The second-order valence-corrected chi connectivity index (χ2v) is 9.63. The zero-order valence-electron chi connectivity index (χ0n) is 18.8. The summed E-state index contributed by atoms with van der Waals surface area (Å²) in [6.45, 7) is 1.84. The van der Waals surface area contributed by atoms with E-state index in [9.17, 15) is 19.5 Å². The van der Waals surface area contributed by atoms with Gasteiger partial charge in [-0.15, -0.1) is 0 Å². The van der Waals surface area contributed by atoms with Crippen LogP contribution in [0.25, 0.3) is 11.1 Å². The van der Waals surface area contributed by atoms with Crippen LogP contribution < -0.4 is 5.32 Å². The molecule has 7 nitrogen and oxygen atoms in total. The second-order valence-electron chi connectivity index (χ2n) is 9.63. The fourth-order valence-corrected chi connectivity index (χ4v) is 5.19. The zero-order chi connectivity index (χ0) is 23.4. The number of nitrogens with zero attached hydrogens (tertiary/aromatic N) is 1. The van der Waals surface area contributed by atoms with Crippen molar-refractivity contribution < 1.29 is 24.2 Å². The van der Waals surface area contributed by atoms with Gasteiger partial charge in [0.1, 0.15) is 17.7 Å². The Morgan fingerprint density at radius 2 is 1.61 bits per heavy atom. The zero-order valence-corrected chi connectivity index (χ0v) is 18.8. The Hall–Kier alpha value is -3.35. The molecule has 33 heavy (non-hydrogen) atoms. The van der Waals surface area contributed by atoms with Gasteiger partial charge >= 0.3 is 12.1 Å². The molecule has 0 aliphatic heterocycles. The predicted octanol–water partition coefficient (Wildman–Crippen LogP) is 3.77. The van der Waals surface area contributed by atoms with Crippen molar-refractivity contribution in [3.8, 4) is 11.1 Å². The topological polar surface area (TPSA) is 95.9 Å². The van der Waals surface area contributed by atoms with Gasteiger partial charge < -0.3 is 20.1 Å². The van der Waals surface area contributed by atoms with Crippen LogP contribution in [0.4, 0.5) is 4.79 Å². The van der Waals surface area contributed by atoms with Gasteiger partial charge in [-0.1, -0.05) is 48.5 Å². The van der Waals surface area contributed by atoms with E-state index in [0.717, 1.165) is 35.1 Å². The van der Waals surface area contributed by atoms with Gasteiger partial charge in [-0.25, -0.2) is 9.59 Å². The van der Waals surface area contributed by atoms with E-state index in [2.05, 4.69) is 29.6 Å². The number of carboxylic acid groups (broad SMARTS) is 1. The van der Waals surface area contributed by atoms with E-state index >= 15 is 0 Å². The average Bonchev–Trinajstić information content (AvgIpc) is 3.72. The normalized spacial score (nSPS) is 19.6. The van der Waals surface area contributed by atoms with Crippen molar-refractivity contribution >= 4 is 18.0 Å². The highest BCUT2D eigenvalue weighted by molar-refractivity contribution is 5.95. The molecule has 2 saturated carbocycles. The largest absolute Gasteiger partial charge is 0.479 e. The van der Waals surface area contributed by atoms with Crippen LogP contribution >= 0.6 is 0 Å². The van der Waals surface area contributed by atoms with Crippen LogP contribution in [-0.4, -0.2) is 52.7 Å². The summed E-state index contributed by atoms with van der Waals surface area (Å²) < 4.78 is 5.65. The Kier molecular flexibility index (Phi) is 4.96. The molecular formula is C26H28N2O5. The predicted molar refractivity (Wildman–Crippen MR) is 122 cm³/mol. The van der Waals surface area contributed by atoms with E-state index in [0.29, 0.717) is 12.8 Å². The number of aliphatic carboxylic acids is 1. The summed E-state index contributed by atoms with van der Waals surface area (Å²) >= 11 is 0. The van der Waals surface area contributed by atoms with Crippen LogP contribution in [0, 0.1) is 5.92 Å². The van der Waals surface area contributed by atoms with Crippen LogP contribution in [-0.2, 0) is 14.3 Å². The number of carbonyl (C=O) groups excluding carboxylic acids is 2. The molecular weight excluding hydrogens is 420 g/mol. The van der Waals surface area contributed by atoms with Crippen LogP contribution in [0.1, 0.15) is 49.7 Å². The Bertz CT molecular complexity index is 1090. The van der Waals surface area contributed by atoms with Gasteiger partial charge in [0.25, 0.3) is 0 Å². The number of carboxylic acids is 1. The number of amides is 2. The standard InChI is InChI=1S/C26H28N2O5/c1-25(16-11-12-16,22(29)28(2)26(13-14-26)23(30)31)27-24(32)33-15-21-19-9-5-3-7-17(19)18-8-4-6-10-20(18)21/h3-10,16,21H,11-15H2,1-2H3,(H,27,32)(H,30,31). The molecule has 0 aromatic heterocycles. The van der Waals surface area contributed by atoms with Crippen LogP contribution in [0.3, 0.4) is 0 Å². The lowest BCUT2D eigenvalue weighted by molar-refractivity contribution is -0.154. The highest BCUT2D eigenvalue weighted by Gasteiger charge is 2.60. The van der Waals surface area contributed by atoms with Crippen LogP contribution in [0.15, 0.2) is 48.5 Å². The first-order valence-corrected chi connectivity index (χ1v) is 11.4. The summed E-state index contributed by atoms with van der Waals surface area (Å²) in [4.78, 5) is 39.2. The first kappa shape index (κ1) is 21.5. The number of hydrogen-bond acceptors (Lipinski definition) is 4. The molecule has 0 saturated heterocycles.